The summed E-state index contributed by atoms with van der Waals surface area (Å²) in [5, 5.41) is 7.69. The Morgan fingerprint density at radius 1 is 1.06 bits per heavy atom. The first-order valence-corrected chi connectivity index (χ1v) is 11.5. The lowest BCUT2D eigenvalue weighted by Gasteiger charge is -2.35. The minimum atomic E-state index is -0.560. The van der Waals surface area contributed by atoms with E-state index in [9.17, 15) is 9.18 Å². The fourth-order valence-corrected chi connectivity index (χ4v) is 4.42. The van der Waals surface area contributed by atoms with Crippen molar-refractivity contribution in [2.45, 2.75) is 26.4 Å². The molecule has 0 bridgehead atoms. The Bertz CT molecular complexity index is 1450. The number of carbonyl (C=O) groups excluding carboxylic acids is 1. The average Bonchev–Trinajstić information content (AvgIpc) is 3.32. The Balaban J connectivity index is 1.62. The predicted octanol–water partition coefficient (Wildman–Crippen LogP) is 6.54. The quantitative estimate of drug-likeness (QED) is 0.346. The van der Waals surface area contributed by atoms with Gasteiger partial charge in [0.05, 0.1) is 18.2 Å². The molecule has 0 spiro atoms. The number of aryl methyl sites for hydroxylation is 1. The summed E-state index contributed by atoms with van der Waals surface area (Å²) in [6.45, 7) is 4.24. The average molecular weight is 489 g/mol. The molecule has 2 heterocycles. The van der Waals surface area contributed by atoms with Crippen molar-refractivity contribution in [3.05, 3.63) is 112 Å². The number of urea groups is 1. The van der Waals surface area contributed by atoms with E-state index in [1.807, 2.05) is 50.2 Å². The number of halogens is 2. The van der Waals surface area contributed by atoms with Gasteiger partial charge in [-0.1, -0.05) is 65.3 Å². The minimum Gasteiger partial charge on any atom is -0.334 e. The molecule has 1 aliphatic heterocycles. The molecule has 4 aromatic rings. The van der Waals surface area contributed by atoms with Crippen LogP contribution >= 0.6 is 11.6 Å². The van der Waals surface area contributed by atoms with Crippen LogP contribution in [-0.2, 0) is 6.54 Å². The Morgan fingerprint density at radius 2 is 1.86 bits per heavy atom. The molecule has 0 aliphatic carbocycles. The number of nitrogens with one attached hydrogen (secondary N) is 1. The molecule has 35 heavy (non-hydrogen) atoms. The molecule has 0 fully saturated rings. The van der Waals surface area contributed by atoms with Crippen molar-refractivity contribution >= 4 is 23.2 Å². The number of carbonyl (C=O) groups is 1. The van der Waals surface area contributed by atoms with Gasteiger partial charge < -0.3 is 9.84 Å². The van der Waals surface area contributed by atoms with Crippen molar-refractivity contribution in [2.75, 3.05) is 0 Å². The zero-order chi connectivity index (χ0) is 24.5. The molecule has 3 aromatic carbocycles. The molecule has 1 N–H and O–H groups in total. The van der Waals surface area contributed by atoms with Crippen LogP contribution in [0.2, 0.25) is 5.02 Å². The van der Waals surface area contributed by atoms with Gasteiger partial charge in [-0.2, -0.15) is 4.98 Å². The standard InChI is InChI=1S/C27H22ClFN4O2/c1-16-7-3-4-8-20(16)15-33-17(2)23(24(30-27(33)34)18-9-5-11-21(28)13-18)26-31-25(32-35-26)19-10-6-12-22(29)14-19/h3-14,24H,15H2,1-2H3,(H,30,34). The topological polar surface area (TPSA) is 71.3 Å². The van der Waals surface area contributed by atoms with Crippen molar-refractivity contribution in [1.29, 1.82) is 0 Å². The van der Waals surface area contributed by atoms with Crippen molar-refractivity contribution in [3.63, 3.8) is 0 Å². The van der Waals surface area contributed by atoms with Crippen LogP contribution in [0.5, 0.6) is 0 Å². The summed E-state index contributed by atoms with van der Waals surface area (Å²) in [4.78, 5) is 19.5. The Labute approximate surface area is 207 Å². The van der Waals surface area contributed by atoms with Gasteiger partial charge in [-0.05, 0) is 54.8 Å². The maximum atomic E-state index is 13.8. The largest absolute Gasteiger partial charge is 0.334 e. The molecule has 2 amide bonds. The van der Waals surface area contributed by atoms with Crippen LogP contribution in [0.3, 0.4) is 0 Å². The van der Waals surface area contributed by atoms with Gasteiger partial charge in [0, 0.05) is 16.3 Å². The fourth-order valence-electron chi connectivity index (χ4n) is 4.22. The summed E-state index contributed by atoms with van der Waals surface area (Å²) in [5.41, 5.74) is 4.70. The molecule has 1 aliphatic rings. The molecule has 176 valence electrons. The molecular formula is C27H22ClFN4O2. The van der Waals surface area contributed by atoms with Gasteiger partial charge >= 0.3 is 6.03 Å². The van der Waals surface area contributed by atoms with Crippen LogP contribution in [0.25, 0.3) is 17.0 Å². The Kier molecular flexibility index (Phi) is 6.09. The normalized spacial score (nSPS) is 15.9. The molecule has 6 nitrogen and oxygen atoms in total. The van der Waals surface area contributed by atoms with Crippen molar-refractivity contribution < 1.29 is 13.7 Å². The second-order valence-corrected chi connectivity index (χ2v) is 8.82. The minimum absolute atomic E-state index is 0.238. The number of amides is 2. The molecular weight excluding hydrogens is 467 g/mol. The lowest BCUT2D eigenvalue weighted by atomic mass is 9.94. The van der Waals surface area contributed by atoms with E-state index in [2.05, 4.69) is 15.5 Å². The highest BCUT2D eigenvalue weighted by atomic mass is 35.5. The molecule has 1 aromatic heterocycles. The number of nitrogens with zero attached hydrogens (tertiary/aromatic N) is 3. The summed E-state index contributed by atoms with van der Waals surface area (Å²) >= 11 is 6.26. The summed E-state index contributed by atoms with van der Waals surface area (Å²) in [7, 11) is 0. The van der Waals surface area contributed by atoms with Crippen molar-refractivity contribution in [2.24, 2.45) is 0 Å². The van der Waals surface area contributed by atoms with Crippen LogP contribution in [0, 0.1) is 12.7 Å². The molecule has 0 saturated heterocycles. The molecule has 5 rings (SSSR count). The monoisotopic (exact) mass is 488 g/mol. The second-order valence-electron chi connectivity index (χ2n) is 8.38. The maximum absolute atomic E-state index is 13.8. The highest BCUT2D eigenvalue weighted by molar-refractivity contribution is 6.30. The van der Waals surface area contributed by atoms with Gasteiger partial charge in [-0.3, -0.25) is 4.90 Å². The number of allylic oxidation sites excluding steroid dienone is 1. The van der Waals surface area contributed by atoms with Crippen LogP contribution in [-0.4, -0.2) is 21.1 Å². The zero-order valence-corrected chi connectivity index (χ0v) is 19.9. The first kappa shape index (κ1) is 22.8. The predicted molar refractivity (Wildman–Crippen MR) is 132 cm³/mol. The number of hydrogen-bond donors (Lipinski definition) is 1. The van der Waals surface area contributed by atoms with Gasteiger partial charge in [-0.25, -0.2) is 9.18 Å². The lowest BCUT2D eigenvalue weighted by molar-refractivity contribution is 0.203. The second kappa shape index (κ2) is 9.35. The van der Waals surface area contributed by atoms with Crippen molar-refractivity contribution in [3.8, 4) is 11.4 Å². The molecule has 0 radical (unpaired) electrons. The number of benzene rings is 3. The van der Waals surface area contributed by atoms with Crippen LogP contribution < -0.4 is 5.32 Å². The maximum Gasteiger partial charge on any atom is 0.322 e. The summed E-state index contributed by atoms with van der Waals surface area (Å²) in [5.74, 6) is 0.101. The lowest BCUT2D eigenvalue weighted by Crippen LogP contribution is -2.45. The van der Waals surface area contributed by atoms with Gasteiger partial charge in [0.1, 0.15) is 5.82 Å². The summed E-state index contributed by atoms with van der Waals surface area (Å²) < 4.78 is 19.4. The number of hydrogen-bond acceptors (Lipinski definition) is 4. The van der Waals surface area contributed by atoms with Gasteiger partial charge in [0.25, 0.3) is 5.89 Å². The molecule has 8 heteroatoms. The molecule has 0 saturated carbocycles. The van der Waals surface area contributed by atoms with E-state index in [1.54, 1.807) is 29.2 Å². The van der Waals surface area contributed by atoms with Gasteiger partial charge in [0.2, 0.25) is 5.82 Å². The summed E-state index contributed by atoms with van der Waals surface area (Å²) in [6, 6.07) is 20.4. The third-order valence-electron chi connectivity index (χ3n) is 6.11. The number of aromatic nitrogens is 2. The van der Waals surface area contributed by atoms with Gasteiger partial charge in [0.15, 0.2) is 0 Å². The first-order chi connectivity index (χ1) is 16.9. The first-order valence-electron chi connectivity index (χ1n) is 11.1. The molecule has 1 atom stereocenters. The van der Waals surface area contributed by atoms with Gasteiger partial charge in [-0.15, -0.1) is 0 Å². The third kappa shape index (κ3) is 4.55. The zero-order valence-electron chi connectivity index (χ0n) is 19.1. The Hall–Kier alpha value is -3.97. The van der Waals surface area contributed by atoms with E-state index < -0.39 is 11.9 Å². The van der Waals surface area contributed by atoms with E-state index >= 15 is 0 Å². The van der Waals surface area contributed by atoms with E-state index in [4.69, 9.17) is 16.1 Å². The highest BCUT2D eigenvalue weighted by Gasteiger charge is 2.36. The van der Waals surface area contributed by atoms with E-state index in [0.717, 1.165) is 16.7 Å². The fraction of sp³-hybridized carbons (Fsp3) is 0.148. The van der Waals surface area contributed by atoms with Crippen LogP contribution in [0.4, 0.5) is 9.18 Å². The smallest absolute Gasteiger partial charge is 0.322 e. The third-order valence-corrected chi connectivity index (χ3v) is 6.34. The van der Waals surface area contributed by atoms with E-state index in [0.29, 0.717) is 28.4 Å². The van der Waals surface area contributed by atoms with Crippen LogP contribution in [0.1, 0.15) is 35.5 Å². The van der Waals surface area contributed by atoms with Crippen molar-refractivity contribution in [1.82, 2.24) is 20.4 Å². The Morgan fingerprint density at radius 3 is 2.63 bits per heavy atom. The van der Waals surface area contributed by atoms with Crippen LogP contribution in [0.15, 0.2) is 83.0 Å². The summed E-state index contributed by atoms with van der Waals surface area (Å²) in [6.07, 6.45) is 0. The van der Waals surface area contributed by atoms with E-state index in [1.165, 1.54) is 12.1 Å². The van der Waals surface area contributed by atoms with E-state index in [-0.39, 0.29) is 17.7 Å². The molecule has 1 unspecified atom stereocenters. The highest BCUT2D eigenvalue weighted by Crippen LogP contribution is 2.38. The SMILES string of the molecule is CC1=C(c2nc(-c3cccc(F)c3)no2)C(c2cccc(Cl)c2)NC(=O)N1Cc1ccccc1C. The number of rotatable bonds is 5.